The number of aromatic nitrogens is 3. The van der Waals surface area contributed by atoms with Crippen LogP contribution in [0.1, 0.15) is 24.0 Å². The molecule has 0 fully saturated rings. The summed E-state index contributed by atoms with van der Waals surface area (Å²) in [7, 11) is -3.23. The van der Waals surface area contributed by atoms with Crippen molar-refractivity contribution in [3.63, 3.8) is 0 Å². The number of nitrogens with one attached hydrogen (secondary N) is 1. The molecule has 5 nitrogen and oxygen atoms in total. The van der Waals surface area contributed by atoms with Gasteiger partial charge in [0.05, 0.1) is 15.9 Å². The molecule has 0 spiro atoms. The third-order valence-corrected chi connectivity index (χ3v) is 5.49. The fourth-order valence-electron chi connectivity index (χ4n) is 3.20. The number of nitrogens with zero attached hydrogens (tertiary/aromatic N) is 2. The maximum absolute atomic E-state index is 11.7. The smallest absolute Gasteiger partial charge is 0.175 e. The van der Waals surface area contributed by atoms with Gasteiger partial charge in [0.25, 0.3) is 0 Å². The van der Waals surface area contributed by atoms with E-state index in [1.165, 1.54) is 30.2 Å². The maximum Gasteiger partial charge on any atom is 0.175 e. The molecule has 3 aromatic rings. The first-order valence-electron chi connectivity index (χ1n) is 7.69. The summed E-state index contributed by atoms with van der Waals surface area (Å²) in [4.78, 5) is 12.6. The van der Waals surface area contributed by atoms with Crippen LogP contribution in [0, 0.1) is 0 Å². The molecule has 1 N–H and O–H groups in total. The van der Waals surface area contributed by atoms with Gasteiger partial charge in [0.2, 0.25) is 0 Å². The van der Waals surface area contributed by atoms with Gasteiger partial charge in [-0.1, -0.05) is 0 Å². The molecule has 23 heavy (non-hydrogen) atoms. The Balaban J connectivity index is 1.87. The van der Waals surface area contributed by atoms with Gasteiger partial charge in [0, 0.05) is 12.5 Å². The first kappa shape index (κ1) is 14.4. The molecular weight excluding hydrogens is 310 g/mol. The highest BCUT2D eigenvalue weighted by Gasteiger charge is 2.18. The van der Waals surface area contributed by atoms with E-state index in [4.69, 9.17) is 0 Å². The molecule has 0 aliphatic heterocycles. The van der Waals surface area contributed by atoms with E-state index in [0.29, 0.717) is 10.7 Å². The third-order valence-electron chi connectivity index (χ3n) is 4.38. The van der Waals surface area contributed by atoms with Crippen molar-refractivity contribution in [2.45, 2.75) is 30.6 Å². The van der Waals surface area contributed by atoms with Crippen molar-refractivity contribution < 1.29 is 8.42 Å². The molecule has 4 rings (SSSR count). The lowest BCUT2D eigenvalue weighted by Gasteiger charge is -2.17. The van der Waals surface area contributed by atoms with Crippen molar-refractivity contribution >= 4 is 20.9 Å². The first-order chi connectivity index (χ1) is 11.0. The summed E-state index contributed by atoms with van der Waals surface area (Å²) in [6, 6.07) is 7.05. The lowest BCUT2D eigenvalue weighted by Crippen LogP contribution is -2.06. The molecule has 118 valence electrons. The zero-order valence-corrected chi connectivity index (χ0v) is 13.7. The van der Waals surface area contributed by atoms with Crippen LogP contribution >= 0.6 is 0 Å². The standard InChI is InChI=1S/C17H17N3O2S/c1-23(21,22)12-6-7-14-15(10-12)20-17(19-14)16-13-5-3-2-4-11(13)8-9-18-16/h6-10H,2-5H2,1H3,(H,19,20). The zero-order valence-electron chi connectivity index (χ0n) is 12.8. The molecule has 6 heteroatoms. The van der Waals surface area contributed by atoms with Crippen molar-refractivity contribution in [1.82, 2.24) is 15.0 Å². The van der Waals surface area contributed by atoms with Crippen molar-refractivity contribution in [3.8, 4) is 11.5 Å². The number of hydrogen-bond acceptors (Lipinski definition) is 4. The highest BCUT2D eigenvalue weighted by Crippen LogP contribution is 2.29. The second-order valence-corrected chi connectivity index (χ2v) is 8.06. The zero-order chi connectivity index (χ0) is 16.0. The van der Waals surface area contributed by atoms with Crippen molar-refractivity contribution in [2.75, 3.05) is 6.26 Å². The predicted octanol–water partition coefficient (Wildman–Crippen LogP) is 2.91. The van der Waals surface area contributed by atoms with Crippen molar-refractivity contribution in [3.05, 3.63) is 41.6 Å². The van der Waals surface area contributed by atoms with Gasteiger partial charge in [-0.25, -0.2) is 13.4 Å². The van der Waals surface area contributed by atoms with E-state index in [0.717, 1.165) is 29.6 Å². The summed E-state index contributed by atoms with van der Waals surface area (Å²) in [6.07, 6.45) is 7.53. The number of hydrogen-bond donors (Lipinski definition) is 1. The highest BCUT2D eigenvalue weighted by molar-refractivity contribution is 7.90. The van der Waals surface area contributed by atoms with E-state index in [9.17, 15) is 8.42 Å². The Hall–Kier alpha value is -2.21. The molecular formula is C17H17N3O2S. The van der Waals surface area contributed by atoms with E-state index in [1.54, 1.807) is 18.2 Å². The van der Waals surface area contributed by atoms with Gasteiger partial charge >= 0.3 is 0 Å². The highest BCUT2D eigenvalue weighted by atomic mass is 32.2. The van der Waals surface area contributed by atoms with Gasteiger partial charge in [0.15, 0.2) is 15.7 Å². The molecule has 2 aromatic heterocycles. The monoisotopic (exact) mass is 327 g/mol. The second kappa shape index (κ2) is 5.16. The van der Waals surface area contributed by atoms with E-state index in [2.05, 4.69) is 21.0 Å². The van der Waals surface area contributed by atoms with Crippen LogP contribution in [0.4, 0.5) is 0 Å². The van der Waals surface area contributed by atoms with Gasteiger partial charge in [-0.05, 0) is 61.1 Å². The molecule has 1 aliphatic carbocycles. The van der Waals surface area contributed by atoms with Crippen LogP contribution in [-0.2, 0) is 22.7 Å². The quantitative estimate of drug-likeness (QED) is 0.785. The molecule has 2 heterocycles. The van der Waals surface area contributed by atoms with Gasteiger partial charge in [0.1, 0.15) is 5.69 Å². The Kier molecular flexibility index (Phi) is 3.23. The molecule has 0 unspecified atom stereocenters. The number of pyridine rings is 1. The number of fused-ring (bicyclic) bond motifs is 2. The molecule has 0 saturated carbocycles. The Bertz CT molecular complexity index is 1010. The number of rotatable bonds is 2. The number of sulfone groups is 1. The van der Waals surface area contributed by atoms with E-state index >= 15 is 0 Å². The molecule has 0 atom stereocenters. The topological polar surface area (TPSA) is 75.7 Å². The minimum atomic E-state index is -3.23. The SMILES string of the molecule is CS(=O)(=O)c1ccc2nc(-c3nccc4c3CCCC4)[nH]c2c1. The summed E-state index contributed by atoms with van der Waals surface area (Å²) in [6.45, 7) is 0. The summed E-state index contributed by atoms with van der Waals surface area (Å²) in [5.41, 5.74) is 4.97. The molecule has 0 amide bonds. The minimum absolute atomic E-state index is 0.295. The summed E-state index contributed by atoms with van der Waals surface area (Å²) >= 11 is 0. The van der Waals surface area contributed by atoms with Gasteiger partial charge < -0.3 is 4.98 Å². The van der Waals surface area contributed by atoms with E-state index in [-0.39, 0.29) is 0 Å². The number of aryl methyl sites for hydroxylation is 1. The summed E-state index contributed by atoms with van der Waals surface area (Å²) in [5, 5.41) is 0. The van der Waals surface area contributed by atoms with Crippen LogP contribution in [0.25, 0.3) is 22.6 Å². The van der Waals surface area contributed by atoms with Crippen LogP contribution in [0.5, 0.6) is 0 Å². The fraction of sp³-hybridized carbons (Fsp3) is 0.294. The lowest BCUT2D eigenvalue weighted by atomic mass is 9.91. The molecule has 0 radical (unpaired) electrons. The Morgan fingerprint density at radius 1 is 1.13 bits per heavy atom. The Labute approximate surface area is 134 Å². The normalized spacial score (nSPS) is 14.8. The maximum atomic E-state index is 11.7. The average molecular weight is 327 g/mol. The minimum Gasteiger partial charge on any atom is -0.337 e. The van der Waals surface area contributed by atoms with Crippen LogP contribution in [0.3, 0.4) is 0 Å². The third kappa shape index (κ3) is 2.53. The van der Waals surface area contributed by atoms with Gasteiger partial charge in [-0.3, -0.25) is 4.98 Å². The predicted molar refractivity (Wildman–Crippen MR) is 89.1 cm³/mol. The van der Waals surface area contributed by atoms with E-state index in [1.807, 2.05) is 6.20 Å². The van der Waals surface area contributed by atoms with Crippen LogP contribution < -0.4 is 0 Å². The Morgan fingerprint density at radius 2 is 1.96 bits per heavy atom. The van der Waals surface area contributed by atoms with Crippen LogP contribution in [0.15, 0.2) is 35.4 Å². The van der Waals surface area contributed by atoms with Gasteiger partial charge in [-0.15, -0.1) is 0 Å². The number of imidazole rings is 1. The lowest BCUT2D eigenvalue weighted by molar-refractivity contribution is 0.602. The summed E-state index contributed by atoms with van der Waals surface area (Å²) in [5.74, 6) is 0.712. The molecule has 0 saturated heterocycles. The fourth-order valence-corrected chi connectivity index (χ4v) is 3.85. The van der Waals surface area contributed by atoms with Crippen LogP contribution in [-0.4, -0.2) is 29.6 Å². The van der Waals surface area contributed by atoms with E-state index < -0.39 is 9.84 Å². The number of H-pyrrole nitrogens is 1. The number of benzene rings is 1. The largest absolute Gasteiger partial charge is 0.337 e. The molecule has 1 aromatic carbocycles. The number of aromatic amines is 1. The van der Waals surface area contributed by atoms with Gasteiger partial charge in [-0.2, -0.15) is 0 Å². The van der Waals surface area contributed by atoms with Crippen molar-refractivity contribution in [2.24, 2.45) is 0 Å². The average Bonchev–Trinajstić information content (AvgIpc) is 2.96. The van der Waals surface area contributed by atoms with Crippen LogP contribution in [0.2, 0.25) is 0 Å². The second-order valence-electron chi connectivity index (χ2n) is 6.04. The molecule has 1 aliphatic rings. The first-order valence-corrected chi connectivity index (χ1v) is 9.58. The van der Waals surface area contributed by atoms with Crippen molar-refractivity contribution in [1.29, 1.82) is 0 Å². The molecule has 0 bridgehead atoms. The Morgan fingerprint density at radius 3 is 2.78 bits per heavy atom. The summed E-state index contributed by atoms with van der Waals surface area (Å²) < 4.78 is 23.4.